The molecule has 0 saturated heterocycles. The van der Waals surface area contributed by atoms with Crippen molar-refractivity contribution in [1.29, 1.82) is 0 Å². The molecule has 3 heteroatoms. The number of hydrogen-bond acceptors (Lipinski definition) is 3. The van der Waals surface area contributed by atoms with Crippen molar-refractivity contribution in [2.24, 2.45) is 5.92 Å². The van der Waals surface area contributed by atoms with Crippen molar-refractivity contribution in [2.45, 2.75) is 40.2 Å². The van der Waals surface area contributed by atoms with E-state index in [1.165, 1.54) is 0 Å². The number of rotatable bonds is 8. The Bertz CT molecular complexity index is 154. The lowest BCUT2D eigenvalue weighted by Gasteiger charge is -2.30. The van der Waals surface area contributed by atoms with Gasteiger partial charge in [0.05, 0.1) is 5.60 Å². The summed E-state index contributed by atoms with van der Waals surface area (Å²) in [5, 5.41) is 13.1. The fraction of sp³-hybridized carbons (Fsp3) is 1.00. The number of aliphatic hydroxyl groups is 1. The van der Waals surface area contributed by atoms with E-state index in [0.29, 0.717) is 5.92 Å². The topological polar surface area (TPSA) is 35.5 Å². The monoisotopic (exact) mass is 216 g/mol. The first-order valence-corrected chi connectivity index (χ1v) is 6.04. The van der Waals surface area contributed by atoms with E-state index in [9.17, 15) is 5.11 Å². The second-order valence-electron chi connectivity index (χ2n) is 5.05. The molecule has 0 bridgehead atoms. The number of hydrogen-bond donors (Lipinski definition) is 2. The predicted octanol–water partition coefficient (Wildman–Crippen LogP) is 1.32. The molecule has 0 aliphatic carbocycles. The van der Waals surface area contributed by atoms with Gasteiger partial charge in [-0.3, -0.25) is 0 Å². The van der Waals surface area contributed by atoms with E-state index in [4.69, 9.17) is 0 Å². The lowest BCUT2D eigenvalue weighted by molar-refractivity contribution is 0.0337. The van der Waals surface area contributed by atoms with Crippen LogP contribution in [0.1, 0.15) is 34.6 Å². The average Bonchev–Trinajstić information content (AvgIpc) is 2.11. The normalized spacial score (nSPS) is 14.6. The first kappa shape index (κ1) is 14.9. The molecule has 2 N–H and O–H groups in total. The fourth-order valence-corrected chi connectivity index (χ4v) is 1.75. The highest BCUT2D eigenvalue weighted by Gasteiger charge is 2.18. The van der Waals surface area contributed by atoms with Crippen LogP contribution in [0.2, 0.25) is 0 Å². The molecule has 0 aliphatic heterocycles. The summed E-state index contributed by atoms with van der Waals surface area (Å²) >= 11 is 0. The number of nitrogens with zero attached hydrogens (tertiary/aromatic N) is 1. The standard InChI is InChI=1S/C12H28N2O/c1-6-13-8-11(3)9-14(7-2)10-12(4,5)15/h11,13,15H,6-10H2,1-5H3. The quantitative estimate of drug-likeness (QED) is 0.642. The van der Waals surface area contributed by atoms with Crippen LogP contribution in [-0.2, 0) is 0 Å². The van der Waals surface area contributed by atoms with Gasteiger partial charge in [-0.25, -0.2) is 0 Å². The van der Waals surface area contributed by atoms with Crippen LogP contribution in [0, 0.1) is 5.92 Å². The van der Waals surface area contributed by atoms with Crippen molar-refractivity contribution in [1.82, 2.24) is 10.2 Å². The molecule has 0 saturated carbocycles. The van der Waals surface area contributed by atoms with E-state index in [1.54, 1.807) is 0 Å². The first-order chi connectivity index (χ1) is 6.89. The van der Waals surface area contributed by atoms with Gasteiger partial charge in [-0.15, -0.1) is 0 Å². The zero-order valence-electron chi connectivity index (χ0n) is 11.0. The van der Waals surface area contributed by atoms with Crippen molar-refractivity contribution in [3.63, 3.8) is 0 Å². The van der Waals surface area contributed by atoms with E-state index in [0.717, 1.165) is 32.7 Å². The zero-order chi connectivity index (χ0) is 11.9. The SMILES string of the molecule is CCNCC(C)CN(CC)CC(C)(C)O. The Balaban J connectivity index is 3.87. The minimum Gasteiger partial charge on any atom is -0.389 e. The summed E-state index contributed by atoms with van der Waals surface area (Å²) in [7, 11) is 0. The van der Waals surface area contributed by atoms with E-state index in [1.807, 2.05) is 13.8 Å². The van der Waals surface area contributed by atoms with Gasteiger partial charge < -0.3 is 15.3 Å². The van der Waals surface area contributed by atoms with E-state index >= 15 is 0 Å². The molecule has 0 amide bonds. The molecule has 0 heterocycles. The third kappa shape index (κ3) is 8.85. The van der Waals surface area contributed by atoms with Gasteiger partial charge >= 0.3 is 0 Å². The Labute approximate surface area is 94.9 Å². The van der Waals surface area contributed by atoms with Gasteiger partial charge in [0.2, 0.25) is 0 Å². The highest BCUT2D eigenvalue weighted by atomic mass is 16.3. The van der Waals surface area contributed by atoms with Gasteiger partial charge in [-0.1, -0.05) is 20.8 Å². The molecule has 0 rings (SSSR count). The second kappa shape index (κ2) is 7.20. The summed E-state index contributed by atoms with van der Waals surface area (Å²) in [5.41, 5.74) is -0.589. The van der Waals surface area contributed by atoms with Crippen molar-refractivity contribution < 1.29 is 5.11 Å². The fourth-order valence-electron chi connectivity index (χ4n) is 1.75. The third-order valence-corrected chi connectivity index (χ3v) is 2.37. The van der Waals surface area contributed by atoms with Crippen molar-refractivity contribution >= 4 is 0 Å². The van der Waals surface area contributed by atoms with Crippen molar-refractivity contribution in [2.75, 3.05) is 32.7 Å². The van der Waals surface area contributed by atoms with Gasteiger partial charge in [0.15, 0.2) is 0 Å². The molecule has 0 aromatic rings. The minimum atomic E-state index is -0.589. The highest BCUT2D eigenvalue weighted by molar-refractivity contribution is 4.73. The molecule has 0 aromatic carbocycles. The van der Waals surface area contributed by atoms with Crippen molar-refractivity contribution in [3.05, 3.63) is 0 Å². The van der Waals surface area contributed by atoms with Gasteiger partial charge in [-0.05, 0) is 39.4 Å². The van der Waals surface area contributed by atoms with Crippen LogP contribution >= 0.6 is 0 Å². The van der Waals surface area contributed by atoms with Gasteiger partial charge in [0.25, 0.3) is 0 Å². The summed E-state index contributed by atoms with van der Waals surface area (Å²) in [5.74, 6) is 0.632. The molecule has 0 aromatic heterocycles. The minimum absolute atomic E-state index is 0.589. The number of likely N-dealkylation sites (N-methyl/N-ethyl adjacent to an activating group) is 1. The molecular weight excluding hydrogens is 188 g/mol. The molecule has 15 heavy (non-hydrogen) atoms. The zero-order valence-corrected chi connectivity index (χ0v) is 11.0. The Kier molecular flexibility index (Phi) is 7.14. The Morgan fingerprint density at radius 1 is 1.33 bits per heavy atom. The van der Waals surface area contributed by atoms with E-state index < -0.39 is 5.60 Å². The molecule has 1 unspecified atom stereocenters. The van der Waals surface area contributed by atoms with Crippen LogP contribution in [0.5, 0.6) is 0 Å². The second-order valence-corrected chi connectivity index (χ2v) is 5.05. The largest absolute Gasteiger partial charge is 0.389 e. The van der Waals surface area contributed by atoms with Crippen LogP contribution in [0.25, 0.3) is 0 Å². The van der Waals surface area contributed by atoms with E-state index in [2.05, 4.69) is 31.0 Å². The average molecular weight is 216 g/mol. The van der Waals surface area contributed by atoms with Crippen LogP contribution in [0.15, 0.2) is 0 Å². The Morgan fingerprint density at radius 2 is 1.93 bits per heavy atom. The summed E-state index contributed by atoms with van der Waals surface area (Å²) in [6, 6.07) is 0. The maximum Gasteiger partial charge on any atom is 0.0718 e. The molecule has 92 valence electrons. The molecule has 0 fully saturated rings. The molecule has 1 atom stereocenters. The van der Waals surface area contributed by atoms with Crippen LogP contribution in [-0.4, -0.2) is 48.3 Å². The molecule has 3 nitrogen and oxygen atoms in total. The summed E-state index contributed by atoms with van der Waals surface area (Å²) < 4.78 is 0. The smallest absolute Gasteiger partial charge is 0.0718 e. The third-order valence-electron chi connectivity index (χ3n) is 2.37. The molecule has 0 spiro atoms. The summed E-state index contributed by atoms with van der Waals surface area (Å²) in [6.07, 6.45) is 0. The van der Waals surface area contributed by atoms with Crippen LogP contribution in [0.3, 0.4) is 0 Å². The molecular formula is C12H28N2O. The predicted molar refractivity (Wildman–Crippen MR) is 66.1 cm³/mol. The Hall–Kier alpha value is -0.120. The maximum atomic E-state index is 9.75. The van der Waals surface area contributed by atoms with Gasteiger partial charge in [0, 0.05) is 13.1 Å². The summed E-state index contributed by atoms with van der Waals surface area (Å²) in [6.45, 7) is 15.1. The lowest BCUT2D eigenvalue weighted by Crippen LogP contribution is -2.42. The van der Waals surface area contributed by atoms with Gasteiger partial charge in [0.1, 0.15) is 0 Å². The maximum absolute atomic E-state index is 9.75. The van der Waals surface area contributed by atoms with Crippen molar-refractivity contribution in [3.8, 4) is 0 Å². The Morgan fingerprint density at radius 3 is 2.33 bits per heavy atom. The van der Waals surface area contributed by atoms with Crippen LogP contribution in [0.4, 0.5) is 0 Å². The van der Waals surface area contributed by atoms with Gasteiger partial charge in [-0.2, -0.15) is 0 Å². The number of nitrogens with one attached hydrogen (secondary N) is 1. The first-order valence-electron chi connectivity index (χ1n) is 6.04. The summed E-state index contributed by atoms with van der Waals surface area (Å²) in [4.78, 5) is 2.31. The highest BCUT2D eigenvalue weighted by Crippen LogP contribution is 2.07. The molecule has 0 aliphatic rings. The van der Waals surface area contributed by atoms with E-state index in [-0.39, 0.29) is 0 Å². The lowest BCUT2D eigenvalue weighted by atomic mass is 10.1. The molecule has 0 radical (unpaired) electrons. The van der Waals surface area contributed by atoms with Crippen LogP contribution < -0.4 is 5.32 Å².